The highest BCUT2D eigenvalue weighted by atomic mass is 31.2. The monoisotopic (exact) mass is 287 g/mol. The Kier molecular flexibility index (Phi) is 2.83. The Bertz CT molecular complexity index is 818. The van der Waals surface area contributed by atoms with Gasteiger partial charge in [-0.05, 0) is 13.3 Å². The van der Waals surface area contributed by atoms with Crippen molar-refractivity contribution < 1.29 is 4.57 Å². The number of hydrogen-bond donors (Lipinski definition) is 2. The third-order valence-electron chi connectivity index (χ3n) is 3.08. The first kappa shape index (κ1) is 12.8. The van der Waals surface area contributed by atoms with E-state index in [0.717, 1.165) is 10.9 Å². The van der Waals surface area contributed by atoms with Gasteiger partial charge in [0.2, 0.25) is 0 Å². The highest BCUT2D eigenvalue weighted by Gasteiger charge is 2.12. The minimum Gasteiger partial charge on any atom is -0.382 e. The standard InChI is InChI=1S/C13H14N5OP/c1-20(2,19)9-5-3-8(4-6-9)12-17-10-11(14)15-7-16-13(10)18-12/h3-7H,1-2H3,(H3,14,15,16,17,18). The number of aromatic amines is 1. The average Bonchev–Trinajstić information content (AvgIpc) is 2.83. The quantitative estimate of drug-likeness (QED) is 0.701. The lowest BCUT2D eigenvalue weighted by Crippen LogP contribution is -2.01. The number of fused-ring (bicyclic) bond motifs is 1. The molecular weight excluding hydrogens is 273 g/mol. The van der Waals surface area contributed by atoms with Crippen LogP contribution in [0.15, 0.2) is 30.6 Å². The molecule has 6 nitrogen and oxygen atoms in total. The van der Waals surface area contributed by atoms with Crippen molar-refractivity contribution in [1.82, 2.24) is 19.9 Å². The third kappa shape index (κ3) is 2.18. The number of nitrogens with one attached hydrogen (secondary N) is 1. The maximum Gasteiger partial charge on any atom is 0.183 e. The molecule has 2 heterocycles. The van der Waals surface area contributed by atoms with Crippen molar-refractivity contribution in [3.63, 3.8) is 0 Å². The summed E-state index contributed by atoms with van der Waals surface area (Å²) >= 11 is 0. The van der Waals surface area contributed by atoms with Crippen LogP contribution in [0.4, 0.5) is 5.82 Å². The van der Waals surface area contributed by atoms with Crippen LogP contribution in [0.25, 0.3) is 22.6 Å². The number of hydrogen-bond acceptors (Lipinski definition) is 5. The lowest BCUT2D eigenvalue weighted by Gasteiger charge is -2.06. The van der Waals surface area contributed by atoms with E-state index in [9.17, 15) is 4.57 Å². The van der Waals surface area contributed by atoms with Crippen LogP contribution in [-0.2, 0) is 4.57 Å². The van der Waals surface area contributed by atoms with Crippen LogP contribution in [-0.4, -0.2) is 33.3 Å². The lowest BCUT2D eigenvalue weighted by molar-refractivity contribution is 0.588. The molecule has 0 saturated heterocycles. The molecule has 0 amide bonds. The van der Waals surface area contributed by atoms with E-state index in [1.807, 2.05) is 24.3 Å². The van der Waals surface area contributed by atoms with E-state index in [0.29, 0.717) is 22.8 Å². The zero-order valence-corrected chi connectivity index (χ0v) is 12.1. The largest absolute Gasteiger partial charge is 0.382 e. The molecule has 0 radical (unpaired) electrons. The number of nitrogen functional groups attached to an aromatic ring is 1. The highest BCUT2D eigenvalue weighted by molar-refractivity contribution is 7.70. The first-order valence-electron chi connectivity index (χ1n) is 6.07. The second-order valence-corrected chi connectivity index (χ2v) is 8.16. The summed E-state index contributed by atoms with van der Waals surface area (Å²) in [6, 6.07) is 7.49. The van der Waals surface area contributed by atoms with Crippen LogP contribution in [0.1, 0.15) is 0 Å². The summed E-state index contributed by atoms with van der Waals surface area (Å²) in [5.74, 6) is 1.04. The van der Waals surface area contributed by atoms with E-state index in [-0.39, 0.29) is 0 Å². The number of anilines is 1. The second kappa shape index (κ2) is 4.42. The Morgan fingerprint density at radius 2 is 1.85 bits per heavy atom. The molecule has 20 heavy (non-hydrogen) atoms. The molecule has 3 rings (SSSR count). The van der Waals surface area contributed by atoms with Crippen molar-refractivity contribution in [1.29, 1.82) is 0 Å². The number of rotatable bonds is 2. The van der Waals surface area contributed by atoms with Crippen LogP contribution in [0.2, 0.25) is 0 Å². The fourth-order valence-corrected chi connectivity index (χ4v) is 2.83. The molecular formula is C13H14N5OP. The summed E-state index contributed by atoms with van der Waals surface area (Å²) in [4.78, 5) is 15.5. The summed E-state index contributed by atoms with van der Waals surface area (Å²) in [6.45, 7) is 3.50. The molecule has 0 unspecified atom stereocenters. The number of nitrogens with two attached hydrogens (primary N) is 1. The number of imidazole rings is 1. The molecule has 0 aliphatic rings. The molecule has 0 saturated carbocycles. The molecule has 0 aliphatic heterocycles. The summed E-state index contributed by atoms with van der Waals surface area (Å²) < 4.78 is 12.0. The predicted octanol–water partition coefficient (Wildman–Crippen LogP) is 1.85. The van der Waals surface area contributed by atoms with Crippen LogP contribution < -0.4 is 11.0 Å². The summed E-state index contributed by atoms with van der Waals surface area (Å²) in [5.41, 5.74) is 7.82. The Morgan fingerprint density at radius 3 is 2.45 bits per heavy atom. The number of benzene rings is 1. The maximum absolute atomic E-state index is 12.0. The summed E-state index contributed by atoms with van der Waals surface area (Å²) in [7, 11) is -2.24. The first-order valence-corrected chi connectivity index (χ1v) is 8.67. The van der Waals surface area contributed by atoms with Gasteiger partial charge < -0.3 is 15.3 Å². The minimum absolute atomic E-state index is 0.372. The van der Waals surface area contributed by atoms with Crippen molar-refractivity contribution in [2.75, 3.05) is 19.1 Å². The third-order valence-corrected chi connectivity index (χ3v) is 4.62. The Labute approximate surface area is 115 Å². The summed E-state index contributed by atoms with van der Waals surface area (Å²) in [5, 5.41) is 0.844. The molecule has 2 aromatic heterocycles. The van der Waals surface area contributed by atoms with Crippen LogP contribution in [0.3, 0.4) is 0 Å². The van der Waals surface area contributed by atoms with Crippen molar-refractivity contribution in [3.8, 4) is 11.4 Å². The van der Waals surface area contributed by atoms with Crippen LogP contribution in [0, 0.1) is 0 Å². The van der Waals surface area contributed by atoms with E-state index in [1.165, 1.54) is 6.33 Å². The first-order chi connectivity index (χ1) is 9.45. The topological polar surface area (TPSA) is 97.6 Å². The van der Waals surface area contributed by atoms with E-state index in [2.05, 4.69) is 19.9 Å². The summed E-state index contributed by atoms with van der Waals surface area (Å²) in [6.07, 6.45) is 1.38. The lowest BCUT2D eigenvalue weighted by atomic mass is 10.2. The van der Waals surface area contributed by atoms with Crippen molar-refractivity contribution >= 4 is 29.4 Å². The molecule has 3 aromatic rings. The zero-order chi connectivity index (χ0) is 14.3. The van der Waals surface area contributed by atoms with Crippen molar-refractivity contribution in [2.45, 2.75) is 0 Å². The maximum atomic E-state index is 12.0. The zero-order valence-electron chi connectivity index (χ0n) is 11.2. The number of H-pyrrole nitrogens is 1. The average molecular weight is 287 g/mol. The van der Waals surface area contributed by atoms with Crippen molar-refractivity contribution in [2.24, 2.45) is 0 Å². The fourth-order valence-electron chi connectivity index (χ4n) is 1.96. The van der Waals surface area contributed by atoms with Gasteiger partial charge in [-0.2, -0.15) is 0 Å². The number of nitrogens with zero attached hydrogens (tertiary/aromatic N) is 3. The van der Waals surface area contributed by atoms with Gasteiger partial charge in [0.1, 0.15) is 24.8 Å². The molecule has 7 heteroatoms. The molecule has 1 aromatic carbocycles. The molecule has 102 valence electrons. The molecule has 0 spiro atoms. The Balaban J connectivity index is 2.07. The van der Waals surface area contributed by atoms with Gasteiger partial charge in [0, 0.05) is 10.9 Å². The minimum atomic E-state index is -2.24. The van der Waals surface area contributed by atoms with Crippen molar-refractivity contribution in [3.05, 3.63) is 30.6 Å². The van der Waals surface area contributed by atoms with Gasteiger partial charge >= 0.3 is 0 Å². The van der Waals surface area contributed by atoms with Gasteiger partial charge in [-0.3, -0.25) is 0 Å². The molecule has 0 bridgehead atoms. The molecule has 0 fully saturated rings. The fraction of sp³-hybridized carbons (Fsp3) is 0.154. The van der Waals surface area contributed by atoms with Gasteiger partial charge in [-0.15, -0.1) is 0 Å². The van der Waals surface area contributed by atoms with E-state index in [4.69, 9.17) is 5.73 Å². The van der Waals surface area contributed by atoms with Crippen LogP contribution >= 0.6 is 7.14 Å². The Morgan fingerprint density at radius 1 is 1.15 bits per heavy atom. The normalized spacial score (nSPS) is 11.9. The Hall–Kier alpha value is -2.20. The molecule has 0 aliphatic carbocycles. The van der Waals surface area contributed by atoms with E-state index >= 15 is 0 Å². The SMILES string of the molecule is CP(C)(=O)c1ccc(-c2nc3ncnc(N)c3[nH]2)cc1. The van der Waals surface area contributed by atoms with E-state index in [1.54, 1.807) is 13.3 Å². The van der Waals surface area contributed by atoms with Gasteiger partial charge in [-0.1, -0.05) is 24.3 Å². The predicted molar refractivity (Wildman–Crippen MR) is 80.6 cm³/mol. The van der Waals surface area contributed by atoms with Gasteiger partial charge in [0.05, 0.1) is 0 Å². The van der Waals surface area contributed by atoms with Gasteiger partial charge in [0.25, 0.3) is 0 Å². The highest BCUT2D eigenvalue weighted by Crippen LogP contribution is 2.34. The smallest absolute Gasteiger partial charge is 0.183 e. The van der Waals surface area contributed by atoms with Crippen LogP contribution in [0.5, 0.6) is 0 Å². The van der Waals surface area contributed by atoms with E-state index < -0.39 is 7.14 Å². The van der Waals surface area contributed by atoms with Gasteiger partial charge in [0.15, 0.2) is 11.5 Å². The van der Waals surface area contributed by atoms with Gasteiger partial charge in [-0.25, -0.2) is 15.0 Å². The number of aromatic nitrogens is 4. The molecule has 0 atom stereocenters. The second-order valence-electron chi connectivity index (χ2n) is 4.94. The molecule has 3 N–H and O–H groups in total.